The monoisotopic (exact) mass is 438 g/mol. The molecule has 4 nitrogen and oxygen atoms in total. The molecule has 0 N–H and O–H groups in total. The quantitative estimate of drug-likeness (QED) is 0.363. The molecule has 2 atom stereocenters. The van der Waals surface area contributed by atoms with E-state index in [2.05, 4.69) is 39.0 Å². The molecule has 0 spiro atoms. The number of esters is 2. The van der Waals surface area contributed by atoms with Crippen molar-refractivity contribution in [3.8, 4) is 0 Å². The van der Waals surface area contributed by atoms with E-state index in [1.807, 2.05) is 44.2 Å². The van der Waals surface area contributed by atoms with Crippen LogP contribution >= 0.6 is 0 Å². The van der Waals surface area contributed by atoms with Gasteiger partial charge in [-0.3, -0.25) is 4.79 Å². The lowest BCUT2D eigenvalue weighted by Gasteiger charge is -2.25. The summed E-state index contributed by atoms with van der Waals surface area (Å²) in [6.07, 6.45) is 3.47. The van der Waals surface area contributed by atoms with Gasteiger partial charge in [0, 0.05) is 12.3 Å². The lowest BCUT2D eigenvalue weighted by atomic mass is 9.87. The van der Waals surface area contributed by atoms with E-state index in [9.17, 15) is 9.59 Å². The first-order valence-corrected chi connectivity index (χ1v) is 11.8. The summed E-state index contributed by atoms with van der Waals surface area (Å²) in [4.78, 5) is 24.4. The van der Waals surface area contributed by atoms with E-state index in [4.69, 9.17) is 9.47 Å². The fraction of sp³-hybridized carbons (Fsp3) is 0.500. The van der Waals surface area contributed by atoms with Crippen LogP contribution in [0, 0.1) is 18.8 Å². The maximum Gasteiger partial charge on any atom is 0.338 e. The van der Waals surface area contributed by atoms with E-state index < -0.39 is 0 Å². The van der Waals surface area contributed by atoms with Gasteiger partial charge in [0.05, 0.1) is 12.2 Å². The summed E-state index contributed by atoms with van der Waals surface area (Å²) in [7, 11) is 0. The molecular formula is C28H38O4. The molecule has 174 valence electrons. The third-order valence-electron chi connectivity index (χ3n) is 5.78. The van der Waals surface area contributed by atoms with Crippen molar-refractivity contribution >= 4 is 11.9 Å². The maximum absolute atomic E-state index is 12.4. The molecule has 32 heavy (non-hydrogen) atoms. The number of ether oxygens (including phenoxy) is 2. The molecule has 0 fully saturated rings. The van der Waals surface area contributed by atoms with Gasteiger partial charge in [0.15, 0.2) is 0 Å². The molecule has 2 aromatic rings. The Kier molecular flexibility index (Phi) is 10.5. The molecule has 0 aliphatic rings. The fourth-order valence-corrected chi connectivity index (χ4v) is 3.65. The van der Waals surface area contributed by atoms with Crippen LogP contribution < -0.4 is 0 Å². The van der Waals surface area contributed by atoms with E-state index in [1.54, 1.807) is 0 Å². The highest BCUT2D eigenvalue weighted by Gasteiger charge is 2.23. The van der Waals surface area contributed by atoms with E-state index in [0.717, 1.165) is 31.2 Å². The third-order valence-corrected chi connectivity index (χ3v) is 5.78. The topological polar surface area (TPSA) is 52.6 Å². The summed E-state index contributed by atoms with van der Waals surface area (Å²) in [5.74, 6) is 0.192. The van der Waals surface area contributed by atoms with Crippen molar-refractivity contribution in [3.63, 3.8) is 0 Å². The minimum Gasteiger partial charge on any atom is -0.462 e. The molecule has 0 aromatic heterocycles. The summed E-state index contributed by atoms with van der Waals surface area (Å²) in [6, 6.07) is 15.9. The molecule has 2 rings (SSSR count). The Hall–Kier alpha value is -2.62. The zero-order valence-corrected chi connectivity index (χ0v) is 20.2. The van der Waals surface area contributed by atoms with Gasteiger partial charge in [0.2, 0.25) is 0 Å². The second-order valence-corrected chi connectivity index (χ2v) is 9.06. The predicted octanol–water partition coefficient (Wildman–Crippen LogP) is 6.33. The van der Waals surface area contributed by atoms with Crippen LogP contribution in [0.2, 0.25) is 0 Å². The first kappa shape index (κ1) is 25.6. The minimum atomic E-state index is -0.290. The minimum absolute atomic E-state index is 0.130. The zero-order chi connectivity index (χ0) is 23.5. The molecule has 0 aliphatic carbocycles. The summed E-state index contributed by atoms with van der Waals surface area (Å²) in [5.41, 5.74) is 4.18. The van der Waals surface area contributed by atoms with Gasteiger partial charge in [0.25, 0.3) is 0 Å². The summed E-state index contributed by atoms with van der Waals surface area (Å²) in [6.45, 7) is 10.7. The van der Waals surface area contributed by atoms with Crippen molar-refractivity contribution in [2.45, 2.75) is 72.8 Å². The van der Waals surface area contributed by atoms with Gasteiger partial charge in [0.1, 0.15) is 6.10 Å². The van der Waals surface area contributed by atoms with Crippen LogP contribution in [0.5, 0.6) is 0 Å². The number of rotatable bonds is 12. The van der Waals surface area contributed by atoms with Gasteiger partial charge in [-0.15, -0.1) is 0 Å². The smallest absolute Gasteiger partial charge is 0.338 e. The molecule has 0 bridgehead atoms. The van der Waals surface area contributed by atoms with Crippen LogP contribution in [0.15, 0.2) is 48.5 Å². The lowest BCUT2D eigenvalue weighted by molar-refractivity contribution is -0.151. The van der Waals surface area contributed by atoms with E-state index >= 15 is 0 Å². The highest BCUT2D eigenvalue weighted by molar-refractivity contribution is 5.89. The summed E-state index contributed by atoms with van der Waals surface area (Å²) >= 11 is 0. The van der Waals surface area contributed by atoms with E-state index in [0.29, 0.717) is 24.5 Å². The Balaban J connectivity index is 2.12. The summed E-state index contributed by atoms with van der Waals surface area (Å²) < 4.78 is 11.1. The van der Waals surface area contributed by atoms with Crippen molar-refractivity contribution in [2.75, 3.05) is 6.61 Å². The molecule has 2 unspecified atom stereocenters. The number of hydrogen-bond acceptors (Lipinski definition) is 4. The van der Waals surface area contributed by atoms with Crippen LogP contribution in [0.4, 0.5) is 0 Å². The van der Waals surface area contributed by atoms with Gasteiger partial charge in [-0.05, 0) is 74.3 Å². The third kappa shape index (κ3) is 8.49. The zero-order valence-electron chi connectivity index (χ0n) is 20.2. The Morgan fingerprint density at radius 1 is 0.938 bits per heavy atom. The molecule has 0 radical (unpaired) electrons. The number of carbonyl (C=O) groups is 2. The molecule has 0 saturated heterocycles. The molecule has 0 amide bonds. The molecule has 0 heterocycles. The lowest BCUT2D eigenvalue weighted by Crippen LogP contribution is -2.28. The molecule has 4 heteroatoms. The fourth-order valence-electron chi connectivity index (χ4n) is 3.65. The number of carbonyl (C=O) groups excluding carboxylic acids is 2. The van der Waals surface area contributed by atoms with Crippen molar-refractivity contribution in [2.24, 2.45) is 11.8 Å². The maximum atomic E-state index is 12.4. The first-order chi connectivity index (χ1) is 15.3. The second kappa shape index (κ2) is 13.0. The van der Waals surface area contributed by atoms with Gasteiger partial charge in [-0.2, -0.15) is 0 Å². The van der Waals surface area contributed by atoms with Crippen molar-refractivity contribution in [3.05, 3.63) is 70.8 Å². The molecule has 2 aromatic carbocycles. The number of benzene rings is 2. The van der Waals surface area contributed by atoms with Crippen LogP contribution in [0.25, 0.3) is 0 Å². The highest BCUT2D eigenvalue weighted by Crippen LogP contribution is 2.23. The Morgan fingerprint density at radius 3 is 2.25 bits per heavy atom. The largest absolute Gasteiger partial charge is 0.462 e. The Morgan fingerprint density at radius 2 is 1.62 bits per heavy atom. The summed E-state index contributed by atoms with van der Waals surface area (Å²) in [5, 5.41) is 0. The first-order valence-electron chi connectivity index (χ1n) is 11.8. The second-order valence-electron chi connectivity index (χ2n) is 9.06. The van der Waals surface area contributed by atoms with Crippen LogP contribution in [0.3, 0.4) is 0 Å². The molecule has 0 saturated carbocycles. The van der Waals surface area contributed by atoms with Gasteiger partial charge < -0.3 is 9.47 Å². The number of aryl methyl sites for hydroxylation is 1. The highest BCUT2D eigenvalue weighted by atomic mass is 16.5. The Labute approximate surface area is 193 Å². The van der Waals surface area contributed by atoms with Crippen molar-refractivity contribution in [1.82, 2.24) is 0 Å². The van der Waals surface area contributed by atoms with Crippen LogP contribution in [-0.2, 0) is 27.1 Å². The van der Waals surface area contributed by atoms with Gasteiger partial charge >= 0.3 is 11.9 Å². The van der Waals surface area contributed by atoms with Gasteiger partial charge in [-0.1, -0.05) is 57.2 Å². The Bertz CT molecular complexity index is 854. The predicted molar refractivity (Wildman–Crippen MR) is 129 cm³/mol. The number of hydrogen-bond donors (Lipinski definition) is 0. The molecular weight excluding hydrogens is 400 g/mol. The van der Waals surface area contributed by atoms with Crippen molar-refractivity contribution in [1.29, 1.82) is 0 Å². The average Bonchev–Trinajstić information content (AvgIpc) is 2.77. The van der Waals surface area contributed by atoms with E-state index in [1.165, 1.54) is 11.1 Å². The normalized spacial score (nSPS) is 12.9. The SMILES string of the molecule is CCCOC(=O)c1ccc(CC(Cc2ccccc2C)C(C)OC(=O)CCC(C)C)cc1. The van der Waals surface area contributed by atoms with E-state index in [-0.39, 0.29) is 24.0 Å². The average molecular weight is 439 g/mol. The van der Waals surface area contributed by atoms with Crippen LogP contribution in [0.1, 0.15) is 74.0 Å². The van der Waals surface area contributed by atoms with Crippen molar-refractivity contribution < 1.29 is 19.1 Å². The standard InChI is InChI=1S/C28H38O4/c1-6-17-31-28(30)24-14-12-23(13-15-24)18-26(19-25-10-8-7-9-21(25)4)22(5)32-27(29)16-11-20(2)3/h7-10,12-15,20,22,26H,6,11,16-19H2,1-5H3. The molecule has 0 aliphatic heterocycles. The van der Waals surface area contributed by atoms with Crippen LogP contribution in [-0.4, -0.2) is 24.6 Å². The van der Waals surface area contributed by atoms with Gasteiger partial charge in [-0.25, -0.2) is 4.79 Å².